The van der Waals surface area contributed by atoms with Gasteiger partial charge < -0.3 is 20.4 Å². The highest BCUT2D eigenvalue weighted by Crippen LogP contribution is 2.31. The molecule has 8 nitrogen and oxygen atoms in total. The number of aromatic nitrogens is 3. The summed E-state index contributed by atoms with van der Waals surface area (Å²) in [6.45, 7) is 3.45. The number of nitrogens with one attached hydrogen (secondary N) is 3. The van der Waals surface area contributed by atoms with Crippen LogP contribution < -0.4 is 10.6 Å². The zero-order valence-corrected chi connectivity index (χ0v) is 19.0. The van der Waals surface area contributed by atoms with E-state index < -0.39 is 30.8 Å². The number of hydrogen-bond donors (Lipinski definition) is 3. The largest absolute Gasteiger partial charge is 0.389 e. The maximum atomic E-state index is 12.6. The van der Waals surface area contributed by atoms with E-state index in [4.69, 9.17) is 4.74 Å². The molecule has 0 fully saturated rings. The number of Topliss-reactive ketones (excluding diaryl/α,β-unsaturated/α-hetero) is 1. The minimum atomic E-state index is -4.38. The summed E-state index contributed by atoms with van der Waals surface area (Å²) < 4.78 is 42.5. The molecule has 34 heavy (non-hydrogen) atoms. The van der Waals surface area contributed by atoms with E-state index in [2.05, 4.69) is 25.6 Å². The Bertz CT molecular complexity index is 1160. The van der Waals surface area contributed by atoms with E-state index in [0.717, 1.165) is 10.9 Å². The molecule has 1 unspecified atom stereocenters. The Morgan fingerprint density at radius 2 is 1.91 bits per heavy atom. The van der Waals surface area contributed by atoms with E-state index in [1.807, 2.05) is 0 Å². The van der Waals surface area contributed by atoms with Gasteiger partial charge in [0, 0.05) is 48.6 Å². The van der Waals surface area contributed by atoms with Crippen molar-refractivity contribution in [2.24, 2.45) is 5.92 Å². The maximum absolute atomic E-state index is 12.6. The van der Waals surface area contributed by atoms with Crippen LogP contribution >= 0.6 is 0 Å². The highest BCUT2D eigenvalue weighted by atomic mass is 19.4. The number of hydrogen-bond acceptors (Lipinski definition) is 6. The SMILES string of the molecule is COCC(=O)Nc1cnc2[nH]cc(-c3cncc(NC(C(=O)CCC(F)(F)F)C(C)C)c3)c2c1. The quantitative estimate of drug-likeness (QED) is 0.395. The third kappa shape index (κ3) is 6.53. The fraction of sp³-hybridized carbons (Fsp3) is 0.391. The van der Waals surface area contributed by atoms with Crippen molar-refractivity contribution >= 4 is 34.1 Å². The summed E-state index contributed by atoms with van der Waals surface area (Å²) in [5.41, 5.74) is 3.05. The Hall–Kier alpha value is -3.47. The normalized spacial score (nSPS) is 12.7. The van der Waals surface area contributed by atoms with Gasteiger partial charge in [0.05, 0.1) is 30.0 Å². The molecule has 1 atom stereocenters. The van der Waals surface area contributed by atoms with Gasteiger partial charge in [-0.25, -0.2) is 4.98 Å². The first kappa shape index (κ1) is 25.2. The van der Waals surface area contributed by atoms with Crippen molar-refractivity contribution in [2.75, 3.05) is 24.4 Å². The first-order valence-corrected chi connectivity index (χ1v) is 10.6. The van der Waals surface area contributed by atoms with Crippen LogP contribution in [0, 0.1) is 5.92 Å². The van der Waals surface area contributed by atoms with E-state index in [1.54, 1.807) is 38.4 Å². The minimum absolute atomic E-state index is 0.0889. The number of pyridine rings is 2. The third-order valence-corrected chi connectivity index (χ3v) is 5.13. The molecule has 0 aromatic carbocycles. The molecule has 1 amide bonds. The number of carbonyl (C=O) groups excluding carboxylic acids is 2. The molecule has 0 aliphatic heterocycles. The second-order valence-electron chi connectivity index (χ2n) is 8.21. The smallest absolute Gasteiger partial charge is 0.375 e. The van der Waals surface area contributed by atoms with Gasteiger partial charge in [0.15, 0.2) is 5.78 Å². The van der Waals surface area contributed by atoms with Gasteiger partial charge in [-0.15, -0.1) is 0 Å². The lowest BCUT2D eigenvalue weighted by atomic mass is 9.96. The average Bonchev–Trinajstić information content (AvgIpc) is 3.19. The van der Waals surface area contributed by atoms with E-state index in [1.165, 1.54) is 19.5 Å². The Labute approximate surface area is 194 Å². The van der Waals surface area contributed by atoms with Crippen LogP contribution in [0.3, 0.4) is 0 Å². The number of fused-ring (bicyclic) bond motifs is 1. The lowest BCUT2D eigenvalue weighted by molar-refractivity contribution is -0.143. The number of ether oxygens (including phenoxy) is 1. The van der Waals surface area contributed by atoms with Crippen molar-refractivity contribution in [1.29, 1.82) is 0 Å². The van der Waals surface area contributed by atoms with Crippen molar-refractivity contribution in [3.63, 3.8) is 0 Å². The van der Waals surface area contributed by atoms with Crippen LogP contribution in [0.5, 0.6) is 0 Å². The molecule has 3 N–H and O–H groups in total. The highest BCUT2D eigenvalue weighted by molar-refractivity contribution is 5.98. The second-order valence-corrected chi connectivity index (χ2v) is 8.21. The Morgan fingerprint density at radius 1 is 1.15 bits per heavy atom. The number of methoxy groups -OCH3 is 1. The molecular weight excluding hydrogens is 451 g/mol. The zero-order chi connectivity index (χ0) is 24.9. The predicted octanol–water partition coefficient (Wildman–Crippen LogP) is 4.56. The molecule has 0 spiro atoms. The van der Waals surface area contributed by atoms with E-state index in [0.29, 0.717) is 22.6 Å². The zero-order valence-electron chi connectivity index (χ0n) is 19.0. The molecule has 3 heterocycles. The van der Waals surface area contributed by atoms with Crippen LogP contribution in [0.4, 0.5) is 24.5 Å². The lowest BCUT2D eigenvalue weighted by Crippen LogP contribution is -2.35. The molecule has 0 bridgehead atoms. The molecule has 3 rings (SSSR count). The third-order valence-electron chi connectivity index (χ3n) is 5.13. The average molecular weight is 477 g/mol. The van der Waals surface area contributed by atoms with Gasteiger partial charge in [-0.1, -0.05) is 13.8 Å². The molecule has 0 aliphatic carbocycles. The summed E-state index contributed by atoms with van der Waals surface area (Å²) in [7, 11) is 1.42. The summed E-state index contributed by atoms with van der Waals surface area (Å²) in [5, 5.41) is 6.48. The number of rotatable bonds is 10. The van der Waals surface area contributed by atoms with Crippen molar-refractivity contribution in [2.45, 2.75) is 38.9 Å². The Morgan fingerprint density at radius 3 is 2.59 bits per heavy atom. The van der Waals surface area contributed by atoms with Gasteiger partial charge in [0.1, 0.15) is 12.3 Å². The lowest BCUT2D eigenvalue weighted by Gasteiger charge is -2.22. The second kappa shape index (κ2) is 10.6. The monoisotopic (exact) mass is 477 g/mol. The standard InChI is InChI=1S/C23H26F3N5O3/c1-13(2)21(19(32)4-5-23(24,25)26)31-15-6-14(8-27-9-15)18-11-29-22-17(18)7-16(10-28-22)30-20(33)12-34-3/h6-11,13,21,31H,4-5,12H2,1-3H3,(H,28,29)(H,30,33). The molecular formula is C23H26F3N5O3. The number of carbonyl (C=O) groups is 2. The van der Waals surface area contributed by atoms with Gasteiger partial charge in [-0.2, -0.15) is 13.2 Å². The fourth-order valence-corrected chi connectivity index (χ4v) is 3.52. The minimum Gasteiger partial charge on any atom is -0.375 e. The van der Waals surface area contributed by atoms with Crippen molar-refractivity contribution in [1.82, 2.24) is 15.0 Å². The van der Waals surface area contributed by atoms with Gasteiger partial charge in [-0.3, -0.25) is 14.6 Å². The maximum Gasteiger partial charge on any atom is 0.389 e. The number of H-pyrrole nitrogens is 1. The number of nitrogens with zero attached hydrogens (tertiary/aromatic N) is 2. The van der Waals surface area contributed by atoms with E-state index >= 15 is 0 Å². The summed E-state index contributed by atoms with van der Waals surface area (Å²) in [6, 6.07) is 2.74. The van der Waals surface area contributed by atoms with Crippen LogP contribution in [-0.4, -0.2) is 52.6 Å². The molecule has 0 aliphatic rings. The Balaban J connectivity index is 1.84. The van der Waals surface area contributed by atoms with Gasteiger partial charge in [-0.05, 0) is 18.1 Å². The summed E-state index contributed by atoms with van der Waals surface area (Å²) in [5.74, 6) is -1.05. The fourth-order valence-electron chi connectivity index (χ4n) is 3.52. The number of ketones is 1. The van der Waals surface area contributed by atoms with Crippen LogP contribution in [0.25, 0.3) is 22.2 Å². The molecule has 0 radical (unpaired) electrons. The molecule has 3 aromatic heterocycles. The first-order chi connectivity index (χ1) is 16.1. The van der Waals surface area contributed by atoms with Crippen molar-refractivity contribution in [3.8, 4) is 11.1 Å². The van der Waals surface area contributed by atoms with Crippen LogP contribution in [0.15, 0.2) is 36.9 Å². The molecule has 0 saturated carbocycles. The summed E-state index contributed by atoms with van der Waals surface area (Å²) in [4.78, 5) is 35.9. The van der Waals surface area contributed by atoms with E-state index in [9.17, 15) is 22.8 Å². The summed E-state index contributed by atoms with van der Waals surface area (Å²) in [6.07, 6.45) is 0.280. The van der Waals surface area contributed by atoms with Gasteiger partial charge in [0.2, 0.25) is 5.91 Å². The summed E-state index contributed by atoms with van der Waals surface area (Å²) >= 11 is 0. The molecule has 3 aromatic rings. The van der Waals surface area contributed by atoms with Crippen LogP contribution in [0.1, 0.15) is 26.7 Å². The molecule has 182 valence electrons. The van der Waals surface area contributed by atoms with Crippen molar-refractivity contribution in [3.05, 3.63) is 36.9 Å². The molecule has 0 saturated heterocycles. The number of alkyl halides is 3. The molecule has 11 heteroatoms. The van der Waals surface area contributed by atoms with Crippen LogP contribution in [-0.2, 0) is 14.3 Å². The highest BCUT2D eigenvalue weighted by Gasteiger charge is 2.31. The van der Waals surface area contributed by atoms with Crippen LogP contribution in [0.2, 0.25) is 0 Å². The van der Waals surface area contributed by atoms with Gasteiger partial charge in [0.25, 0.3) is 0 Å². The topological polar surface area (TPSA) is 109 Å². The number of halogens is 3. The van der Waals surface area contributed by atoms with Gasteiger partial charge >= 0.3 is 6.18 Å². The Kier molecular flexibility index (Phi) is 7.87. The predicted molar refractivity (Wildman–Crippen MR) is 122 cm³/mol. The first-order valence-electron chi connectivity index (χ1n) is 10.6. The van der Waals surface area contributed by atoms with E-state index in [-0.39, 0.29) is 18.4 Å². The van der Waals surface area contributed by atoms with Crippen molar-refractivity contribution < 1.29 is 27.5 Å². The number of anilines is 2. The number of amides is 1. The number of aromatic amines is 1.